The van der Waals surface area contributed by atoms with Crippen molar-refractivity contribution in [1.29, 1.82) is 0 Å². The molecule has 0 aromatic carbocycles. The Bertz CT molecular complexity index is 802. The van der Waals surface area contributed by atoms with Crippen molar-refractivity contribution in [3.05, 3.63) is 41.7 Å². The summed E-state index contributed by atoms with van der Waals surface area (Å²) in [6, 6.07) is 3.21. The molecule has 0 spiro atoms. The normalized spacial score (nSPS) is 16.9. The number of hydrogen-bond acceptors (Lipinski definition) is 3. The number of nitrogens with zero attached hydrogens (tertiary/aromatic N) is 4. The molecule has 2 aromatic heterocycles. The van der Waals surface area contributed by atoms with Crippen LogP contribution in [0.3, 0.4) is 0 Å². The molecule has 2 amide bonds. The third-order valence-electron chi connectivity index (χ3n) is 4.41. The Morgan fingerprint density at radius 2 is 2.23 bits per heavy atom. The molecule has 3 heterocycles. The van der Waals surface area contributed by atoms with E-state index in [1.807, 2.05) is 6.92 Å². The first kappa shape index (κ1) is 18.2. The zero-order valence-corrected chi connectivity index (χ0v) is 14.5. The van der Waals surface area contributed by atoms with E-state index in [1.165, 1.54) is 0 Å². The number of anilines is 1. The maximum absolute atomic E-state index is 12.8. The van der Waals surface area contributed by atoms with Crippen LogP contribution in [0.1, 0.15) is 23.6 Å². The van der Waals surface area contributed by atoms with Gasteiger partial charge in [-0.15, -0.1) is 0 Å². The first-order valence-corrected chi connectivity index (χ1v) is 8.30. The molecule has 0 saturated heterocycles. The number of alkyl halides is 3. The van der Waals surface area contributed by atoms with Crippen molar-refractivity contribution < 1.29 is 18.0 Å². The summed E-state index contributed by atoms with van der Waals surface area (Å²) in [4.78, 5) is 21.6. The van der Waals surface area contributed by atoms with E-state index in [0.717, 1.165) is 11.9 Å². The number of aromatic nitrogens is 3. The van der Waals surface area contributed by atoms with Crippen molar-refractivity contribution in [2.45, 2.75) is 32.5 Å². The van der Waals surface area contributed by atoms with Gasteiger partial charge < -0.3 is 14.8 Å². The highest BCUT2D eigenvalue weighted by Gasteiger charge is 2.36. The zero-order chi connectivity index (χ0) is 18.9. The first-order valence-electron chi connectivity index (χ1n) is 8.30. The molecule has 0 saturated carbocycles. The van der Waals surface area contributed by atoms with E-state index < -0.39 is 11.9 Å². The zero-order valence-electron chi connectivity index (χ0n) is 14.5. The van der Waals surface area contributed by atoms with Gasteiger partial charge in [0.2, 0.25) is 0 Å². The summed E-state index contributed by atoms with van der Waals surface area (Å²) in [6.45, 7) is 2.71. The number of halogens is 3. The maximum atomic E-state index is 12.8. The molecular formula is C17H20F3N5O. The van der Waals surface area contributed by atoms with Crippen LogP contribution >= 0.6 is 0 Å². The van der Waals surface area contributed by atoms with Gasteiger partial charge in [0.15, 0.2) is 5.69 Å². The van der Waals surface area contributed by atoms with Crippen molar-refractivity contribution >= 4 is 11.7 Å². The smallest absolute Gasteiger partial charge is 0.334 e. The molecule has 6 nitrogen and oxygen atoms in total. The molecule has 0 unspecified atom stereocenters. The van der Waals surface area contributed by atoms with Crippen molar-refractivity contribution in [1.82, 2.24) is 19.4 Å². The highest BCUT2D eigenvalue weighted by Crippen LogP contribution is 2.30. The quantitative estimate of drug-likeness (QED) is 0.905. The Labute approximate surface area is 149 Å². The van der Waals surface area contributed by atoms with E-state index >= 15 is 0 Å². The first-order chi connectivity index (χ1) is 12.2. The number of hydrogen-bond donors (Lipinski definition) is 1. The van der Waals surface area contributed by atoms with Crippen molar-refractivity contribution in [2.75, 3.05) is 18.9 Å². The second-order valence-corrected chi connectivity index (χ2v) is 6.59. The van der Waals surface area contributed by atoms with Gasteiger partial charge in [0, 0.05) is 50.3 Å². The average Bonchev–Trinajstić information content (AvgIpc) is 2.98. The third-order valence-corrected chi connectivity index (χ3v) is 4.41. The number of amides is 2. The fraction of sp³-hybridized carbons (Fsp3) is 0.471. The van der Waals surface area contributed by atoms with E-state index in [1.54, 1.807) is 34.8 Å². The minimum absolute atomic E-state index is 0.0766. The van der Waals surface area contributed by atoms with Crippen LogP contribution in [-0.2, 0) is 19.1 Å². The van der Waals surface area contributed by atoms with Crippen LogP contribution in [0, 0.1) is 12.8 Å². The summed E-state index contributed by atoms with van der Waals surface area (Å²) in [5, 5.41) is 2.79. The molecule has 1 aliphatic heterocycles. The van der Waals surface area contributed by atoms with Crippen molar-refractivity contribution in [3.63, 3.8) is 0 Å². The molecule has 1 atom stereocenters. The van der Waals surface area contributed by atoms with Gasteiger partial charge in [0.05, 0.1) is 0 Å². The average molecular weight is 367 g/mol. The number of aryl methyl sites for hydroxylation is 2. The SMILES string of the molecule is Cc1cc(NC(=O)N(C)C[C@@H]2CCc3nc(C(F)(F)F)cn3C2)ccn1. The lowest BCUT2D eigenvalue weighted by molar-refractivity contribution is -0.141. The van der Waals surface area contributed by atoms with E-state index in [0.29, 0.717) is 37.4 Å². The lowest BCUT2D eigenvalue weighted by Crippen LogP contribution is -2.37. The lowest BCUT2D eigenvalue weighted by Gasteiger charge is -2.28. The Kier molecular flexibility index (Phi) is 4.88. The molecule has 0 aliphatic carbocycles. The van der Waals surface area contributed by atoms with Gasteiger partial charge in [0.1, 0.15) is 5.82 Å². The predicted molar refractivity (Wildman–Crippen MR) is 89.7 cm³/mol. The molecule has 2 aromatic rings. The van der Waals surface area contributed by atoms with Crippen LogP contribution in [0.5, 0.6) is 0 Å². The Hall–Kier alpha value is -2.58. The third kappa shape index (κ3) is 4.14. The van der Waals surface area contributed by atoms with Gasteiger partial charge >= 0.3 is 12.2 Å². The monoisotopic (exact) mass is 367 g/mol. The second kappa shape index (κ2) is 6.97. The molecular weight excluding hydrogens is 347 g/mol. The van der Waals surface area contributed by atoms with Gasteiger partial charge in [-0.05, 0) is 31.4 Å². The minimum Gasteiger partial charge on any atom is -0.334 e. The largest absolute Gasteiger partial charge is 0.434 e. The van der Waals surface area contributed by atoms with Crippen LogP contribution in [0.25, 0.3) is 0 Å². The topological polar surface area (TPSA) is 63.1 Å². The van der Waals surface area contributed by atoms with Crippen LogP contribution in [0.2, 0.25) is 0 Å². The molecule has 1 aliphatic rings. The number of urea groups is 1. The van der Waals surface area contributed by atoms with E-state index in [-0.39, 0.29) is 11.9 Å². The van der Waals surface area contributed by atoms with E-state index in [2.05, 4.69) is 15.3 Å². The minimum atomic E-state index is -4.43. The number of imidazole rings is 1. The molecule has 3 rings (SSSR count). The molecule has 0 fully saturated rings. The van der Waals surface area contributed by atoms with Gasteiger partial charge in [-0.3, -0.25) is 4.98 Å². The van der Waals surface area contributed by atoms with Gasteiger partial charge in [-0.2, -0.15) is 13.2 Å². The highest BCUT2D eigenvalue weighted by molar-refractivity contribution is 5.89. The Morgan fingerprint density at radius 3 is 2.92 bits per heavy atom. The van der Waals surface area contributed by atoms with E-state index in [9.17, 15) is 18.0 Å². The number of rotatable bonds is 3. The van der Waals surface area contributed by atoms with Crippen molar-refractivity contribution in [3.8, 4) is 0 Å². The number of nitrogens with one attached hydrogen (secondary N) is 1. The second-order valence-electron chi connectivity index (χ2n) is 6.59. The molecule has 1 N–H and O–H groups in total. The molecule has 9 heteroatoms. The van der Waals surface area contributed by atoms with Crippen LogP contribution in [-0.4, -0.2) is 39.1 Å². The van der Waals surface area contributed by atoms with Gasteiger partial charge in [-0.25, -0.2) is 9.78 Å². The molecule has 0 bridgehead atoms. The fourth-order valence-electron chi connectivity index (χ4n) is 3.11. The number of fused-ring (bicyclic) bond motifs is 1. The number of carbonyl (C=O) groups excluding carboxylic acids is 1. The Balaban J connectivity index is 1.59. The maximum Gasteiger partial charge on any atom is 0.434 e. The fourth-order valence-corrected chi connectivity index (χ4v) is 3.11. The van der Waals surface area contributed by atoms with Crippen LogP contribution in [0.15, 0.2) is 24.5 Å². The number of carbonyl (C=O) groups is 1. The number of pyridine rings is 1. The van der Waals surface area contributed by atoms with Crippen molar-refractivity contribution in [2.24, 2.45) is 5.92 Å². The van der Waals surface area contributed by atoms with Gasteiger partial charge in [-0.1, -0.05) is 0 Å². The van der Waals surface area contributed by atoms with Gasteiger partial charge in [0.25, 0.3) is 0 Å². The summed E-state index contributed by atoms with van der Waals surface area (Å²) in [5.74, 6) is 0.528. The Morgan fingerprint density at radius 1 is 1.46 bits per heavy atom. The molecule has 0 radical (unpaired) electrons. The molecule has 140 valence electrons. The standard InChI is InChI=1S/C17H20F3N5O/c1-11-7-13(5-6-21-11)22-16(26)24(2)8-12-3-4-15-23-14(17(18,19)20)10-25(15)9-12/h5-7,10,12H,3-4,8-9H2,1-2H3,(H,21,22,26)/t12-/m0/s1. The lowest BCUT2D eigenvalue weighted by atomic mass is 9.99. The summed E-state index contributed by atoms with van der Waals surface area (Å²) in [6.07, 6.45) is -0.592. The van der Waals surface area contributed by atoms with E-state index in [4.69, 9.17) is 0 Å². The summed E-state index contributed by atoms with van der Waals surface area (Å²) in [7, 11) is 1.67. The predicted octanol–water partition coefficient (Wildman–Crippen LogP) is 3.33. The highest BCUT2D eigenvalue weighted by atomic mass is 19.4. The summed E-state index contributed by atoms with van der Waals surface area (Å²) < 4.78 is 39.9. The van der Waals surface area contributed by atoms with Crippen LogP contribution in [0.4, 0.5) is 23.7 Å². The summed E-state index contributed by atoms with van der Waals surface area (Å²) >= 11 is 0. The summed E-state index contributed by atoms with van der Waals surface area (Å²) in [5.41, 5.74) is 0.600. The van der Waals surface area contributed by atoms with Crippen LogP contribution < -0.4 is 5.32 Å². The molecule has 26 heavy (non-hydrogen) atoms.